The van der Waals surface area contributed by atoms with E-state index in [1.807, 2.05) is 13.8 Å². The van der Waals surface area contributed by atoms with Crippen molar-refractivity contribution in [1.29, 1.82) is 0 Å². The minimum absolute atomic E-state index is 0.232. The lowest BCUT2D eigenvalue weighted by Gasteiger charge is -2.36. The second-order valence-corrected chi connectivity index (χ2v) is 10.2. The molecule has 6 nitrogen and oxygen atoms in total. The Morgan fingerprint density at radius 3 is 2.48 bits per heavy atom. The largest absolute Gasteiger partial charge is 0.356 e. The molecule has 0 spiro atoms. The summed E-state index contributed by atoms with van der Waals surface area (Å²) in [4.78, 5) is 11.7. The van der Waals surface area contributed by atoms with Gasteiger partial charge in [0.2, 0.25) is 0 Å². The molecule has 0 radical (unpaired) electrons. The number of pyridine rings is 1. The minimum Gasteiger partial charge on any atom is -0.356 e. The summed E-state index contributed by atoms with van der Waals surface area (Å²) in [5, 5.41) is 8.64. The molecule has 1 aromatic carbocycles. The number of piperidine rings is 1. The van der Waals surface area contributed by atoms with Gasteiger partial charge in [0, 0.05) is 24.5 Å². The van der Waals surface area contributed by atoms with Gasteiger partial charge < -0.3 is 14.7 Å². The summed E-state index contributed by atoms with van der Waals surface area (Å²) in [7, 11) is 0. The van der Waals surface area contributed by atoms with E-state index in [0.29, 0.717) is 29.2 Å². The van der Waals surface area contributed by atoms with Gasteiger partial charge in [0.05, 0.1) is 5.56 Å². The van der Waals surface area contributed by atoms with Crippen molar-refractivity contribution >= 4 is 16.7 Å². The number of aromatic nitrogens is 3. The maximum Gasteiger partial charge on any atom is 0.261 e. The normalized spacial score (nSPS) is 19.9. The number of aryl methyl sites for hydroxylation is 2. The molecule has 3 aromatic rings. The van der Waals surface area contributed by atoms with Crippen LogP contribution in [0.5, 0.6) is 0 Å². The van der Waals surface area contributed by atoms with Crippen LogP contribution in [0.3, 0.4) is 0 Å². The summed E-state index contributed by atoms with van der Waals surface area (Å²) >= 11 is 0. The van der Waals surface area contributed by atoms with Gasteiger partial charge in [-0.2, -0.15) is 4.98 Å². The molecule has 0 bridgehead atoms. The third kappa shape index (κ3) is 4.01. The molecular weight excluding hydrogens is 417 g/mol. The lowest BCUT2D eigenvalue weighted by molar-refractivity contribution is 0.278. The molecule has 2 aromatic heterocycles. The molecule has 6 rings (SSSR count). The summed E-state index contributed by atoms with van der Waals surface area (Å²) in [6, 6.07) is 4.34. The fourth-order valence-electron chi connectivity index (χ4n) is 5.35. The number of nitrogens with zero attached hydrogens (tertiary/aromatic N) is 4. The zero-order valence-electron chi connectivity index (χ0n) is 19.5. The Hall–Kier alpha value is -2.54. The molecule has 2 aliphatic carbocycles. The molecule has 0 unspecified atom stereocenters. The standard InChI is InChI=1S/C26H32FN5O/c1-15-21-12-19(18-6-7-18)13-22(27)24(21)30-25(23(15)26-29-16(2)31-33-26)32-10-8-20(9-11-32)28-14-17-4-3-5-17/h12-13,17-18,20,28H,3-11,14H2,1-2H3. The summed E-state index contributed by atoms with van der Waals surface area (Å²) in [6.07, 6.45) is 8.49. The molecule has 0 atom stereocenters. The van der Waals surface area contributed by atoms with Crippen LogP contribution in [0.4, 0.5) is 10.2 Å². The van der Waals surface area contributed by atoms with Crippen LogP contribution >= 0.6 is 0 Å². The van der Waals surface area contributed by atoms with E-state index in [1.54, 1.807) is 6.07 Å². The van der Waals surface area contributed by atoms with E-state index >= 15 is 4.39 Å². The second-order valence-electron chi connectivity index (χ2n) is 10.2. The van der Waals surface area contributed by atoms with Crippen LogP contribution in [0.2, 0.25) is 0 Å². The number of halogens is 1. The van der Waals surface area contributed by atoms with Crippen molar-refractivity contribution in [2.45, 2.75) is 70.8 Å². The zero-order chi connectivity index (χ0) is 22.5. The van der Waals surface area contributed by atoms with E-state index in [1.165, 1.54) is 19.3 Å². The minimum atomic E-state index is -0.232. The molecule has 3 fully saturated rings. The average Bonchev–Trinajstić information content (AvgIpc) is 3.54. The van der Waals surface area contributed by atoms with Crippen molar-refractivity contribution in [3.8, 4) is 11.5 Å². The Morgan fingerprint density at radius 2 is 1.85 bits per heavy atom. The van der Waals surface area contributed by atoms with Crippen LogP contribution in [-0.2, 0) is 0 Å². The summed E-state index contributed by atoms with van der Waals surface area (Å²) in [5.74, 6) is 2.93. The molecule has 3 heterocycles. The van der Waals surface area contributed by atoms with Gasteiger partial charge in [-0.05, 0) is 94.0 Å². The maximum absolute atomic E-state index is 15.2. The molecule has 1 N–H and O–H groups in total. The van der Waals surface area contributed by atoms with Crippen LogP contribution in [0.15, 0.2) is 16.7 Å². The fraction of sp³-hybridized carbons (Fsp3) is 0.577. The van der Waals surface area contributed by atoms with Gasteiger partial charge in [-0.15, -0.1) is 0 Å². The Labute approximate surface area is 194 Å². The quantitative estimate of drug-likeness (QED) is 0.553. The van der Waals surface area contributed by atoms with Crippen molar-refractivity contribution < 1.29 is 8.91 Å². The van der Waals surface area contributed by atoms with Crippen molar-refractivity contribution in [1.82, 2.24) is 20.4 Å². The smallest absolute Gasteiger partial charge is 0.261 e. The Balaban J connectivity index is 1.35. The number of hydrogen-bond donors (Lipinski definition) is 1. The predicted octanol–water partition coefficient (Wildman–Crippen LogP) is 5.28. The van der Waals surface area contributed by atoms with Crippen molar-refractivity contribution in [2.24, 2.45) is 5.92 Å². The van der Waals surface area contributed by atoms with Crippen LogP contribution in [0.1, 0.15) is 67.8 Å². The third-order valence-corrected chi connectivity index (χ3v) is 7.81. The third-order valence-electron chi connectivity index (χ3n) is 7.81. The zero-order valence-corrected chi connectivity index (χ0v) is 19.5. The van der Waals surface area contributed by atoms with E-state index in [4.69, 9.17) is 9.51 Å². The molecule has 1 saturated heterocycles. The van der Waals surface area contributed by atoms with Crippen LogP contribution < -0.4 is 10.2 Å². The first-order valence-corrected chi connectivity index (χ1v) is 12.5. The monoisotopic (exact) mass is 449 g/mol. The first-order chi connectivity index (χ1) is 16.1. The fourth-order valence-corrected chi connectivity index (χ4v) is 5.35. The van der Waals surface area contributed by atoms with Crippen LogP contribution in [0.25, 0.3) is 22.4 Å². The number of anilines is 1. The number of nitrogens with one attached hydrogen (secondary N) is 1. The van der Waals surface area contributed by atoms with E-state index in [-0.39, 0.29) is 5.82 Å². The molecule has 0 amide bonds. The van der Waals surface area contributed by atoms with Crippen molar-refractivity contribution in [2.75, 3.05) is 24.5 Å². The van der Waals surface area contributed by atoms with Gasteiger partial charge in [-0.25, -0.2) is 9.37 Å². The van der Waals surface area contributed by atoms with Crippen LogP contribution in [0, 0.1) is 25.6 Å². The van der Waals surface area contributed by atoms with Crippen molar-refractivity contribution in [3.63, 3.8) is 0 Å². The first-order valence-electron chi connectivity index (χ1n) is 12.5. The highest BCUT2D eigenvalue weighted by Gasteiger charge is 2.30. The van der Waals surface area contributed by atoms with E-state index in [0.717, 1.165) is 79.1 Å². The lowest BCUT2D eigenvalue weighted by atomic mass is 9.85. The molecule has 2 saturated carbocycles. The highest BCUT2D eigenvalue weighted by molar-refractivity contribution is 5.93. The van der Waals surface area contributed by atoms with Crippen molar-refractivity contribution in [3.05, 3.63) is 34.9 Å². The summed E-state index contributed by atoms with van der Waals surface area (Å²) < 4.78 is 20.8. The highest BCUT2D eigenvalue weighted by Crippen LogP contribution is 2.43. The van der Waals surface area contributed by atoms with E-state index in [2.05, 4.69) is 26.4 Å². The van der Waals surface area contributed by atoms with Gasteiger partial charge in [0.25, 0.3) is 5.89 Å². The molecular formula is C26H32FN5O. The van der Waals surface area contributed by atoms with E-state index < -0.39 is 0 Å². The van der Waals surface area contributed by atoms with Gasteiger partial charge in [0.1, 0.15) is 17.2 Å². The maximum atomic E-state index is 15.2. The summed E-state index contributed by atoms with van der Waals surface area (Å²) in [5.41, 5.74) is 3.32. The van der Waals surface area contributed by atoms with Gasteiger partial charge >= 0.3 is 0 Å². The topological polar surface area (TPSA) is 67.1 Å². The molecule has 174 valence electrons. The first kappa shape index (κ1) is 21.0. The molecule has 7 heteroatoms. The summed E-state index contributed by atoms with van der Waals surface area (Å²) in [6.45, 7) is 6.75. The molecule has 1 aliphatic heterocycles. The average molecular weight is 450 g/mol. The highest BCUT2D eigenvalue weighted by atomic mass is 19.1. The SMILES string of the molecule is Cc1noc(-c2c(N3CCC(NCC4CCC4)CC3)nc3c(F)cc(C4CC4)cc3c2C)n1. The number of fused-ring (bicyclic) bond motifs is 1. The number of benzene rings is 1. The Kier molecular flexibility index (Phi) is 5.32. The number of rotatable bonds is 6. The number of hydrogen-bond acceptors (Lipinski definition) is 6. The molecule has 33 heavy (non-hydrogen) atoms. The Morgan fingerprint density at radius 1 is 1.06 bits per heavy atom. The van der Waals surface area contributed by atoms with E-state index in [9.17, 15) is 0 Å². The lowest BCUT2D eigenvalue weighted by Crippen LogP contribution is -2.45. The molecule has 3 aliphatic rings. The van der Waals surface area contributed by atoms with Crippen LogP contribution in [-0.4, -0.2) is 40.8 Å². The van der Waals surface area contributed by atoms with Gasteiger partial charge in [-0.3, -0.25) is 0 Å². The van der Waals surface area contributed by atoms with Gasteiger partial charge in [-0.1, -0.05) is 11.6 Å². The predicted molar refractivity (Wildman–Crippen MR) is 127 cm³/mol. The van der Waals surface area contributed by atoms with Gasteiger partial charge in [0.15, 0.2) is 5.82 Å². The second kappa shape index (κ2) is 8.35. The Bertz CT molecular complexity index is 1180.